The van der Waals surface area contributed by atoms with Gasteiger partial charge in [0.2, 0.25) is 23.6 Å². The van der Waals surface area contributed by atoms with Crippen LogP contribution in [-0.2, 0) is 25.6 Å². The molecule has 0 aliphatic heterocycles. The minimum absolute atomic E-state index is 0.0394. The minimum Gasteiger partial charge on any atom is -0.382 e. The summed E-state index contributed by atoms with van der Waals surface area (Å²) in [6.45, 7) is 4.92. The quantitative estimate of drug-likeness (QED) is 0.272. The van der Waals surface area contributed by atoms with E-state index in [4.69, 9.17) is 5.73 Å². The monoisotopic (exact) mass is 502 g/mol. The Balaban J connectivity index is 2.92. The predicted molar refractivity (Wildman–Crippen MR) is 122 cm³/mol. The molecule has 1 aromatic rings. The maximum Gasteiger partial charge on any atom is 0.416 e. The number of nitrogens with one attached hydrogen (secondary N) is 3. The Kier molecular flexibility index (Phi) is 11.7. The molecular formula is C23H33F3N4O5. The summed E-state index contributed by atoms with van der Waals surface area (Å²) in [5.74, 6) is -2.95. The van der Waals surface area contributed by atoms with Gasteiger partial charge in [-0.15, -0.1) is 0 Å². The lowest BCUT2D eigenvalue weighted by atomic mass is 10.0. The summed E-state index contributed by atoms with van der Waals surface area (Å²) in [7, 11) is 0. The molecule has 0 radical (unpaired) electrons. The van der Waals surface area contributed by atoms with Crippen LogP contribution in [0.25, 0.3) is 0 Å². The van der Waals surface area contributed by atoms with E-state index in [-0.39, 0.29) is 24.7 Å². The molecular weight excluding hydrogens is 469 g/mol. The number of nitrogens with two attached hydrogens (primary N) is 1. The average molecular weight is 503 g/mol. The highest BCUT2D eigenvalue weighted by molar-refractivity contribution is 5.92. The number of hydrogen-bond acceptors (Lipinski definition) is 5. The normalized spacial score (nSPS) is 15.0. The van der Waals surface area contributed by atoms with E-state index < -0.39 is 61.0 Å². The second-order valence-electron chi connectivity index (χ2n) is 8.74. The molecule has 196 valence electrons. The van der Waals surface area contributed by atoms with Crippen LogP contribution in [-0.4, -0.2) is 59.1 Å². The van der Waals surface area contributed by atoms with E-state index >= 15 is 0 Å². The number of primary amides is 1. The first-order chi connectivity index (χ1) is 16.2. The van der Waals surface area contributed by atoms with E-state index in [0.717, 1.165) is 5.56 Å². The smallest absolute Gasteiger partial charge is 0.382 e. The van der Waals surface area contributed by atoms with Crippen molar-refractivity contribution in [3.05, 3.63) is 35.9 Å². The fourth-order valence-corrected chi connectivity index (χ4v) is 3.21. The maximum absolute atomic E-state index is 13.0. The lowest BCUT2D eigenvalue weighted by Crippen LogP contribution is -2.57. The summed E-state index contributed by atoms with van der Waals surface area (Å²) in [6.07, 6.45) is -8.74. The van der Waals surface area contributed by atoms with Crippen LogP contribution < -0.4 is 21.7 Å². The predicted octanol–water partition coefficient (Wildman–Crippen LogP) is 0.938. The van der Waals surface area contributed by atoms with Crippen LogP contribution in [0.5, 0.6) is 0 Å². The average Bonchev–Trinajstić information content (AvgIpc) is 2.74. The van der Waals surface area contributed by atoms with Gasteiger partial charge in [-0.2, -0.15) is 13.2 Å². The maximum atomic E-state index is 13.0. The summed E-state index contributed by atoms with van der Waals surface area (Å²) in [5, 5.41) is 16.6. The molecule has 4 atom stereocenters. The van der Waals surface area contributed by atoms with E-state index in [9.17, 15) is 37.5 Å². The molecule has 0 fully saturated rings. The van der Waals surface area contributed by atoms with Crippen molar-refractivity contribution in [3.63, 3.8) is 0 Å². The standard InChI is InChI=1S/C23H33F3N4O5/c1-13(2)11-19(32)29-17(12-15-7-5-4-6-8-15)22(35)28-14(3)21(34)30-16(9-10-18(27)31)20(33)23(24,25)26/h4-8,13-14,16-17,20,33H,9-12H2,1-3H3,(H2,27,31)(H,28,35)(H,29,32)(H,30,34)/t14-,16?,17-,20?/m0/s1. The fraction of sp³-hybridized carbons (Fsp3) is 0.565. The van der Waals surface area contributed by atoms with E-state index in [1.54, 1.807) is 30.3 Å². The Bertz CT molecular complexity index is 864. The largest absolute Gasteiger partial charge is 0.416 e. The number of rotatable bonds is 13. The zero-order chi connectivity index (χ0) is 26.8. The Hall–Kier alpha value is -3.15. The van der Waals surface area contributed by atoms with Crippen LogP contribution in [0.2, 0.25) is 0 Å². The van der Waals surface area contributed by atoms with Gasteiger partial charge < -0.3 is 26.8 Å². The molecule has 9 nitrogen and oxygen atoms in total. The summed E-state index contributed by atoms with van der Waals surface area (Å²) >= 11 is 0. The highest BCUT2D eigenvalue weighted by Gasteiger charge is 2.44. The van der Waals surface area contributed by atoms with Crippen molar-refractivity contribution >= 4 is 23.6 Å². The second kappa shape index (κ2) is 13.7. The number of carbonyl (C=O) groups excluding carboxylic acids is 4. The number of carbonyl (C=O) groups is 4. The third-order valence-corrected chi connectivity index (χ3v) is 5.03. The third kappa shape index (κ3) is 11.2. The minimum atomic E-state index is -5.05. The SMILES string of the molecule is CC(C)CC(=O)N[C@@H](Cc1ccccc1)C(=O)N[C@@H](C)C(=O)NC(CCC(N)=O)C(O)C(F)(F)F. The van der Waals surface area contributed by atoms with Crippen LogP contribution in [0, 0.1) is 5.92 Å². The Morgan fingerprint density at radius 3 is 2.09 bits per heavy atom. The van der Waals surface area contributed by atoms with Gasteiger partial charge in [0, 0.05) is 19.3 Å². The molecule has 0 saturated heterocycles. The number of benzene rings is 1. The Morgan fingerprint density at radius 2 is 1.57 bits per heavy atom. The molecule has 4 amide bonds. The molecule has 1 rings (SSSR count). The van der Waals surface area contributed by atoms with Gasteiger partial charge in [-0.05, 0) is 24.8 Å². The van der Waals surface area contributed by atoms with Crippen LogP contribution >= 0.6 is 0 Å². The van der Waals surface area contributed by atoms with E-state index in [1.165, 1.54) is 6.92 Å². The van der Waals surface area contributed by atoms with Crippen molar-refractivity contribution in [1.82, 2.24) is 16.0 Å². The lowest BCUT2D eigenvalue weighted by Gasteiger charge is -2.27. The highest BCUT2D eigenvalue weighted by atomic mass is 19.4. The molecule has 0 spiro atoms. The van der Waals surface area contributed by atoms with Gasteiger partial charge in [0.25, 0.3) is 0 Å². The fourth-order valence-electron chi connectivity index (χ4n) is 3.21. The Morgan fingerprint density at radius 1 is 0.971 bits per heavy atom. The first kappa shape index (κ1) is 29.9. The van der Waals surface area contributed by atoms with Crippen molar-refractivity contribution in [1.29, 1.82) is 0 Å². The van der Waals surface area contributed by atoms with Crippen LogP contribution in [0.15, 0.2) is 30.3 Å². The van der Waals surface area contributed by atoms with Crippen LogP contribution in [0.3, 0.4) is 0 Å². The summed E-state index contributed by atoms with van der Waals surface area (Å²) < 4.78 is 38.9. The van der Waals surface area contributed by atoms with Crippen molar-refractivity contribution < 1.29 is 37.5 Å². The van der Waals surface area contributed by atoms with Crippen molar-refractivity contribution in [3.8, 4) is 0 Å². The van der Waals surface area contributed by atoms with Gasteiger partial charge in [0.1, 0.15) is 12.1 Å². The highest BCUT2D eigenvalue weighted by Crippen LogP contribution is 2.24. The van der Waals surface area contributed by atoms with E-state index in [0.29, 0.717) is 0 Å². The molecule has 0 aliphatic carbocycles. The molecule has 6 N–H and O–H groups in total. The molecule has 0 saturated carbocycles. The number of hydrogen-bond donors (Lipinski definition) is 5. The summed E-state index contributed by atoms with van der Waals surface area (Å²) in [6, 6.07) is 4.62. The first-order valence-electron chi connectivity index (χ1n) is 11.2. The first-order valence-corrected chi connectivity index (χ1v) is 11.2. The van der Waals surface area contributed by atoms with Gasteiger partial charge in [-0.1, -0.05) is 44.2 Å². The van der Waals surface area contributed by atoms with Crippen molar-refractivity contribution in [2.45, 2.75) is 76.9 Å². The number of halogens is 3. The van der Waals surface area contributed by atoms with Crippen molar-refractivity contribution in [2.75, 3.05) is 0 Å². The van der Waals surface area contributed by atoms with E-state index in [2.05, 4.69) is 10.6 Å². The van der Waals surface area contributed by atoms with Gasteiger partial charge in [-0.25, -0.2) is 0 Å². The van der Waals surface area contributed by atoms with Gasteiger partial charge in [0.05, 0.1) is 6.04 Å². The molecule has 0 bridgehead atoms. The molecule has 35 heavy (non-hydrogen) atoms. The molecule has 0 aromatic heterocycles. The van der Waals surface area contributed by atoms with Crippen molar-refractivity contribution in [2.24, 2.45) is 11.7 Å². The number of aliphatic hydroxyl groups is 1. The molecule has 0 aliphatic rings. The number of aliphatic hydroxyl groups excluding tert-OH is 1. The van der Waals surface area contributed by atoms with Crippen LogP contribution in [0.1, 0.15) is 45.6 Å². The number of alkyl halides is 3. The number of amides is 4. The van der Waals surface area contributed by atoms with Gasteiger partial charge >= 0.3 is 6.18 Å². The topological polar surface area (TPSA) is 151 Å². The zero-order valence-corrected chi connectivity index (χ0v) is 19.9. The third-order valence-electron chi connectivity index (χ3n) is 5.03. The Labute approximate surface area is 202 Å². The zero-order valence-electron chi connectivity index (χ0n) is 19.9. The molecule has 12 heteroatoms. The van der Waals surface area contributed by atoms with E-state index in [1.807, 2.05) is 19.2 Å². The molecule has 2 unspecified atom stereocenters. The lowest BCUT2D eigenvalue weighted by molar-refractivity contribution is -0.212. The second-order valence-corrected chi connectivity index (χ2v) is 8.74. The van der Waals surface area contributed by atoms with Crippen LogP contribution in [0.4, 0.5) is 13.2 Å². The summed E-state index contributed by atoms with van der Waals surface area (Å²) in [5.41, 5.74) is 5.71. The van der Waals surface area contributed by atoms with Gasteiger partial charge in [-0.3, -0.25) is 19.2 Å². The molecule has 0 heterocycles. The molecule has 1 aromatic carbocycles. The van der Waals surface area contributed by atoms with Gasteiger partial charge in [0.15, 0.2) is 6.10 Å². The summed E-state index contributed by atoms with van der Waals surface area (Å²) in [4.78, 5) is 48.6.